The number of aromatic amines is 1. The Morgan fingerprint density at radius 2 is 2.00 bits per heavy atom. The molecule has 3 aromatic rings. The molecule has 1 atom stereocenters. The molecule has 4 heterocycles. The highest BCUT2D eigenvalue weighted by Gasteiger charge is 2.29. The average molecular weight is 322 g/mol. The first kappa shape index (κ1) is 14.7. The molecule has 1 aliphatic rings. The summed E-state index contributed by atoms with van der Waals surface area (Å²) in [6, 6.07) is 2.03. The molecule has 1 saturated heterocycles. The number of aryl methyl sites for hydroxylation is 2. The molecule has 1 fully saturated rings. The number of rotatable bonds is 2. The van der Waals surface area contributed by atoms with Crippen LogP contribution in [0.5, 0.6) is 0 Å². The van der Waals surface area contributed by atoms with Crippen LogP contribution < -0.4 is 0 Å². The lowest BCUT2D eigenvalue weighted by Gasteiger charge is -2.15. The molecular formula is C17H18N6O. The van der Waals surface area contributed by atoms with E-state index in [1.54, 1.807) is 18.6 Å². The number of fused-ring (bicyclic) bond motifs is 1. The maximum absolute atomic E-state index is 12.5. The van der Waals surface area contributed by atoms with E-state index in [2.05, 4.69) is 24.9 Å². The van der Waals surface area contributed by atoms with Gasteiger partial charge in [0.2, 0.25) is 0 Å². The molecule has 24 heavy (non-hydrogen) atoms. The van der Waals surface area contributed by atoms with Crippen molar-refractivity contribution in [2.75, 3.05) is 13.1 Å². The number of aromatic nitrogens is 5. The molecule has 0 spiro atoms. The maximum Gasteiger partial charge on any atom is 0.274 e. The summed E-state index contributed by atoms with van der Waals surface area (Å²) in [7, 11) is 0. The highest BCUT2D eigenvalue weighted by atomic mass is 16.2. The van der Waals surface area contributed by atoms with E-state index >= 15 is 0 Å². The monoisotopic (exact) mass is 322 g/mol. The zero-order valence-corrected chi connectivity index (χ0v) is 13.7. The van der Waals surface area contributed by atoms with Crippen LogP contribution in [-0.4, -0.2) is 48.8 Å². The van der Waals surface area contributed by atoms with Crippen LogP contribution in [0.1, 0.15) is 39.9 Å². The molecule has 3 aromatic heterocycles. The molecule has 0 bridgehead atoms. The molecular weight excluding hydrogens is 304 g/mol. The predicted octanol–water partition coefficient (Wildman–Crippen LogP) is 1.99. The topological polar surface area (TPSA) is 87.7 Å². The summed E-state index contributed by atoms with van der Waals surface area (Å²) in [4.78, 5) is 34.9. The fourth-order valence-electron chi connectivity index (χ4n) is 3.09. The smallest absolute Gasteiger partial charge is 0.274 e. The quantitative estimate of drug-likeness (QED) is 0.779. The van der Waals surface area contributed by atoms with E-state index in [4.69, 9.17) is 0 Å². The third-order valence-corrected chi connectivity index (χ3v) is 4.39. The zero-order chi connectivity index (χ0) is 16.7. The van der Waals surface area contributed by atoms with Gasteiger partial charge in [-0.2, -0.15) is 0 Å². The van der Waals surface area contributed by atoms with Crippen LogP contribution in [-0.2, 0) is 0 Å². The van der Waals surface area contributed by atoms with Gasteiger partial charge in [0.05, 0.1) is 17.6 Å². The summed E-state index contributed by atoms with van der Waals surface area (Å²) in [6.45, 7) is 5.16. The van der Waals surface area contributed by atoms with Crippen molar-refractivity contribution in [2.45, 2.75) is 26.2 Å². The van der Waals surface area contributed by atoms with Crippen molar-refractivity contribution >= 4 is 17.1 Å². The molecule has 7 heteroatoms. The van der Waals surface area contributed by atoms with Crippen LogP contribution >= 0.6 is 0 Å². The van der Waals surface area contributed by atoms with Crippen molar-refractivity contribution in [1.82, 2.24) is 29.8 Å². The Morgan fingerprint density at radius 3 is 2.79 bits per heavy atom. The minimum Gasteiger partial charge on any atom is -0.342 e. The van der Waals surface area contributed by atoms with E-state index in [1.165, 1.54) is 0 Å². The van der Waals surface area contributed by atoms with Gasteiger partial charge in [0.25, 0.3) is 5.91 Å². The van der Waals surface area contributed by atoms with Crippen LogP contribution in [0.3, 0.4) is 0 Å². The van der Waals surface area contributed by atoms with Gasteiger partial charge >= 0.3 is 0 Å². The molecule has 1 aliphatic heterocycles. The molecule has 0 aliphatic carbocycles. The third kappa shape index (κ3) is 2.62. The lowest BCUT2D eigenvalue weighted by Crippen LogP contribution is -2.29. The first-order valence-corrected chi connectivity index (χ1v) is 8.00. The van der Waals surface area contributed by atoms with Crippen molar-refractivity contribution in [3.05, 3.63) is 47.4 Å². The Kier molecular flexibility index (Phi) is 3.48. The van der Waals surface area contributed by atoms with Gasteiger partial charge in [0.1, 0.15) is 11.2 Å². The lowest BCUT2D eigenvalue weighted by atomic mass is 10.1. The van der Waals surface area contributed by atoms with Crippen molar-refractivity contribution in [3.63, 3.8) is 0 Å². The Balaban J connectivity index is 1.52. The predicted molar refractivity (Wildman–Crippen MR) is 88.7 cm³/mol. The fourth-order valence-corrected chi connectivity index (χ4v) is 3.09. The molecule has 4 rings (SSSR count). The van der Waals surface area contributed by atoms with E-state index in [-0.39, 0.29) is 11.8 Å². The molecule has 0 aromatic carbocycles. The number of likely N-dealkylation sites (tertiary alicyclic amines) is 1. The first-order chi connectivity index (χ1) is 11.6. The number of carbonyl (C=O) groups is 1. The van der Waals surface area contributed by atoms with Crippen molar-refractivity contribution in [3.8, 4) is 0 Å². The van der Waals surface area contributed by atoms with Gasteiger partial charge in [-0.25, -0.2) is 9.97 Å². The lowest BCUT2D eigenvalue weighted by molar-refractivity contribution is 0.0784. The minimum absolute atomic E-state index is 0.0618. The SMILES string of the molecule is Cc1cnc(C(=O)N2CC[C@H](c3cc4ncc(C)nc4[nH]3)C2)cn1. The van der Waals surface area contributed by atoms with Gasteiger partial charge in [0, 0.05) is 37.1 Å². The summed E-state index contributed by atoms with van der Waals surface area (Å²) in [5, 5.41) is 0. The number of carbonyl (C=O) groups excluding carboxylic acids is 1. The Bertz CT molecular complexity index is 901. The highest BCUT2D eigenvalue weighted by Crippen LogP contribution is 2.28. The summed E-state index contributed by atoms with van der Waals surface area (Å²) in [5.74, 6) is 0.205. The number of hydrogen-bond donors (Lipinski definition) is 1. The fraction of sp³-hybridized carbons (Fsp3) is 0.353. The largest absolute Gasteiger partial charge is 0.342 e. The van der Waals surface area contributed by atoms with Gasteiger partial charge in [-0.05, 0) is 26.3 Å². The number of nitrogens with zero attached hydrogens (tertiary/aromatic N) is 5. The summed E-state index contributed by atoms with van der Waals surface area (Å²) < 4.78 is 0. The van der Waals surface area contributed by atoms with Gasteiger partial charge in [-0.3, -0.25) is 14.8 Å². The second-order valence-electron chi connectivity index (χ2n) is 6.25. The van der Waals surface area contributed by atoms with Gasteiger partial charge in [-0.1, -0.05) is 0 Å². The van der Waals surface area contributed by atoms with Crippen LogP contribution in [0, 0.1) is 13.8 Å². The first-order valence-electron chi connectivity index (χ1n) is 8.00. The average Bonchev–Trinajstić information content (AvgIpc) is 3.21. The molecule has 1 N–H and O–H groups in total. The van der Waals surface area contributed by atoms with Gasteiger partial charge in [-0.15, -0.1) is 0 Å². The van der Waals surface area contributed by atoms with Crippen molar-refractivity contribution in [1.29, 1.82) is 0 Å². The number of amides is 1. The molecule has 0 saturated carbocycles. The van der Waals surface area contributed by atoms with E-state index in [0.717, 1.165) is 34.7 Å². The summed E-state index contributed by atoms with van der Waals surface area (Å²) in [5.41, 5.74) is 4.85. The summed E-state index contributed by atoms with van der Waals surface area (Å²) >= 11 is 0. The third-order valence-electron chi connectivity index (χ3n) is 4.39. The highest BCUT2D eigenvalue weighted by molar-refractivity contribution is 5.92. The Morgan fingerprint density at radius 1 is 1.17 bits per heavy atom. The molecule has 122 valence electrons. The van der Waals surface area contributed by atoms with Crippen molar-refractivity contribution < 1.29 is 4.79 Å². The van der Waals surface area contributed by atoms with Crippen LogP contribution in [0.15, 0.2) is 24.7 Å². The molecule has 1 amide bonds. The second-order valence-corrected chi connectivity index (χ2v) is 6.25. The Hall–Kier alpha value is -2.83. The van der Waals surface area contributed by atoms with E-state index in [9.17, 15) is 4.79 Å². The second kappa shape index (κ2) is 5.67. The molecule has 0 unspecified atom stereocenters. The van der Waals surface area contributed by atoms with Crippen LogP contribution in [0.2, 0.25) is 0 Å². The van der Waals surface area contributed by atoms with Crippen molar-refractivity contribution in [2.24, 2.45) is 0 Å². The van der Waals surface area contributed by atoms with E-state index < -0.39 is 0 Å². The Labute approximate surface area is 139 Å². The van der Waals surface area contributed by atoms with E-state index in [1.807, 2.05) is 24.8 Å². The van der Waals surface area contributed by atoms with E-state index in [0.29, 0.717) is 18.8 Å². The minimum atomic E-state index is -0.0618. The maximum atomic E-state index is 12.5. The van der Waals surface area contributed by atoms with Gasteiger partial charge < -0.3 is 9.88 Å². The standard InChI is InChI=1S/C17H18N6O/c1-10-6-20-15(8-18-10)17(24)23-4-3-12(9-23)13-5-14-16(22-13)21-11(2)7-19-14/h5-8,12H,3-4,9H2,1-2H3,(H,21,22)/t12-/m0/s1. The zero-order valence-electron chi connectivity index (χ0n) is 13.7. The van der Waals surface area contributed by atoms with Crippen LogP contribution in [0.4, 0.5) is 0 Å². The summed E-state index contributed by atoms with van der Waals surface area (Å²) in [6.07, 6.45) is 5.85. The normalized spacial score (nSPS) is 17.6. The molecule has 0 radical (unpaired) electrons. The van der Waals surface area contributed by atoms with Crippen LogP contribution in [0.25, 0.3) is 11.2 Å². The number of H-pyrrole nitrogens is 1. The number of nitrogens with one attached hydrogen (secondary N) is 1. The number of hydrogen-bond acceptors (Lipinski definition) is 5. The molecule has 7 nitrogen and oxygen atoms in total. The van der Waals surface area contributed by atoms with Gasteiger partial charge in [0.15, 0.2) is 5.65 Å².